The number of hydrogen-bond donors (Lipinski definition) is 3. The molecule has 0 bridgehead atoms. The van der Waals surface area contributed by atoms with Gasteiger partial charge in [0.1, 0.15) is 11.5 Å². The minimum atomic E-state index is 0.0327. The number of phenols is 1. The summed E-state index contributed by atoms with van der Waals surface area (Å²) in [7, 11) is 1.66. The van der Waals surface area contributed by atoms with Gasteiger partial charge in [-0.25, -0.2) is 5.43 Å². The van der Waals surface area contributed by atoms with Gasteiger partial charge in [-0.15, -0.1) is 0 Å². The second kappa shape index (κ2) is 5.73. The summed E-state index contributed by atoms with van der Waals surface area (Å²) in [5, 5.41) is 10.3. The van der Waals surface area contributed by atoms with Gasteiger partial charge in [0, 0.05) is 5.56 Å². The number of aryl methyl sites for hydroxylation is 2. The molecule has 3 N–H and O–H groups in total. The lowest BCUT2D eigenvalue weighted by Gasteiger charge is -2.11. The van der Waals surface area contributed by atoms with Crippen molar-refractivity contribution in [3.8, 4) is 11.5 Å². The van der Waals surface area contributed by atoms with Crippen LogP contribution in [-0.4, -0.2) is 12.2 Å². The van der Waals surface area contributed by atoms with E-state index in [1.807, 2.05) is 50.2 Å². The fraction of sp³-hybridized carbons (Fsp3) is 0.222. The van der Waals surface area contributed by atoms with Gasteiger partial charge in [-0.3, -0.25) is 0 Å². The number of methoxy groups -OCH3 is 1. The summed E-state index contributed by atoms with van der Waals surface area (Å²) < 4.78 is 5.27. The van der Waals surface area contributed by atoms with Crippen molar-refractivity contribution in [2.45, 2.75) is 19.9 Å². The molecule has 0 amide bonds. The van der Waals surface area contributed by atoms with Crippen molar-refractivity contribution in [3.63, 3.8) is 0 Å². The van der Waals surface area contributed by atoms with Crippen LogP contribution in [0.5, 0.6) is 11.5 Å². The molecule has 0 fully saturated rings. The summed E-state index contributed by atoms with van der Waals surface area (Å²) in [6, 6.07) is 11.9. The van der Waals surface area contributed by atoms with Crippen LogP contribution in [0.1, 0.15) is 28.3 Å². The van der Waals surface area contributed by atoms with Crippen LogP contribution in [0.15, 0.2) is 42.5 Å². The zero-order valence-electron chi connectivity index (χ0n) is 13.0. The van der Waals surface area contributed by atoms with Crippen LogP contribution in [0.3, 0.4) is 0 Å². The lowest BCUT2D eigenvalue weighted by atomic mass is 10.0. The number of hydrazine groups is 1. The zero-order valence-corrected chi connectivity index (χ0v) is 13.0. The molecule has 1 heterocycles. The summed E-state index contributed by atoms with van der Waals surface area (Å²) in [4.78, 5) is 0. The first-order valence-electron chi connectivity index (χ1n) is 7.26. The minimum absolute atomic E-state index is 0.0327. The van der Waals surface area contributed by atoms with Crippen molar-refractivity contribution < 1.29 is 9.84 Å². The maximum atomic E-state index is 10.3. The lowest BCUT2D eigenvalue weighted by molar-refractivity contribution is 0.413. The summed E-state index contributed by atoms with van der Waals surface area (Å²) in [6.07, 6.45) is 2.07. The summed E-state index contributed by atoms with van der Waals surface area (Å²) in [6.45, 7) is 3.94. The van der Waals surface area contributed by atoms with E-state index in [0.717, 1.165) is 33.7 Å². The Kier molecular flexibility index (Phi) is 3.77. The highest BCUT2D eigenvalue weighted by atomic mass is 16.5. The van der Waals surface area contributed by atoms with Crippen molar-refractivity contribution in [1.82, 2.24) is 10.9 Å². The standard InChI is InChI=1S/C18H20N2O2/c1-11-7-12(2)18(21)15(8-11)17-10-16(19-20-17)13-5-4-6-14(9-13)22-3/h4-10,16,19-21H,1-3H3. The van der Waals surface area contributed by atoms with Crippen LogP contribution in [0.25, 0.3) is 5.70 Å². The van der Waals surface area contributed by atoms with E-state index < -0.39 is 0 Å². The van der Waals surface area contributed by atoms with Gasteiger partial charge in [0.15, 0.2) is 0 Å². The second-order valence-corrected chi connectivity index (χ2v) is 5.58. The van der Waals surface area contributed by atoms with Crippen molar-refractivity contribution in [2.75, 3.05) is 7.11 Å². The van der Waals surface area contributed by atoms with E-state index in [1.165, 1.54) is 0 Å². The SMILES string of the molecule is COc1cccc(C2C=C(c3cc(C)cc(C)c3O)NN2)c1. The maximum Gasteiger partial charge on any atom is 0.127 e. The van der Waals surface area contributed by atoms with Gasteiger partial charge in [-0.2, -0.15) is 0 Å². The molecule has 1 aliphatic heterocycles. The van der Waals surface area contributed by atoms with E-state index in [9.17, 15) is 5.11 Å². The molecule has 2 aromatic carbocycles. The molecule has 1 aliphatic rings. The number of phenolic OH excluding ortho intramolecular Hbond substituents is 1. The molecule has 2 aromatic rings. The zero-order chi connectivity index (χ0) is 15.7. The number of aromatic hydroxyl groups is 1. The predicted octanol–water partition coefficient (Wildman–Crippen LogP) is 3.21. The normalized spacial score (nSPS) is 17.0. The second-order valence-electron chi connectivity index (χ2n) is 5.58. The molecule has 4 heteroatoms. The van der Waals surface area contributed by atoms with Crippen molar-refractivity contribution in [3.05, 3.63) is 64.7 Å². The Morgan fingerprint density at radius 2 is 1.95 bits per heavy atom. The summed E-state index contributed by atoms with van der Waals surface area (Å²) in [5.41, 5.74) is 11.2. The molecular formula is C18H20N2O2. The topological polar surface area (TPSA) is 53.5 Å². The number of hydrogen-bond acceptors (Lipinski definition) is 4. The van der Waals surface area contributed by atoms with E-state index in [4.69, 9.17) is 4.74 Å². The van der Waals surface area contributed by atoms with Gasteiger partial charge in [0.05, 0.1) is 18.8 Å². The summed E-state index contributed by atoms with van der Waals surface area (Å²) in [5.74, 6) is 1.15. The quantitative estimate of drug-likeness (QED) is 0.814. The molecular weight excluding hydrogens is 276 g/mol. The van der Waals surface area contributed by atoms with Gasteiger partial charge < -0.3 is 15.3 Å². The fourth-order valence-corrected chi connectivity index (χ4v) is 2.74. The van der Waals surface area contributed by atoms with Gasteiger partial charge in [-0.1, -0.05) is 18.2 Å². The van der Waals surface area contributed by atoms with Crippen molar-refractivity contribution in [2.24, 2.45) is 0 Å². The molecule has 114 valence electrons. The van der Waals surface area contributed by atoms with Gasteiger partial charge in [-0.05, 0) is 54.8 Å². The van der Waals surface area contributed by atoms with Crippen LogP contribution in [0.2, 0.25) is 0 Å². The van der Waals surface area contributed by atoms with E-state index in [1.54, 1.807) is 7.11 Å². The number of benzene rings is 2. The molecule has 1 unspecified atom stereocenters. The number of ether oxygens (including phenoxy) is 1. The molecule has 3 rings (SSSR count). The molecule has 1 atom stereocenters. The van der Waals surface area contributed by atoms with Crippen LogP contribution < -0.4 is 15.6 Å². The largest absolute Gasteiger partial charge is 0.507 e. The van der Waals surface area contributed by atoms with Gasteiger partial charge in [0.2, 0.25) is 0 Å². The van der Waals surface area contributed by atoms with E-state index in [0.29, 0.717) is 5.75 Å². The Balaban J connectivity index is 1.94. The highest BCUT2D eigenvalue weighted by Crippen LogP contribution is 2.32. The molecule has 0 aliphatic carbocycles. The third-order valence-corrected chi connectivity index (χ3v) is 3.88. The fourth-order valence-electron chi connectivity index (χ4n) is 2.74. The van der Waals surface area contributed by atoms with Crippen molar-refractivity contribution in [1.29, 1.82) is 0 Å². The van der Waals surface area contributed by atoms with E-state index >= 15 is 0 Å². The first-order chi connectivity index (χ1) is 10.6. The third kappa shape index (κ3) is 2.65. The molecule has 0 spiro atoms. The average molecular weight is 296 g/mol. The molecule has 0 saturated heterocycles. The Bertz CT molecular complexity index is 738. The van der Waals surface area contributed by atoms with E-state index in [2.05, 4.69) is 16.9 Å². The Labute approximate surface area is 130 Å². The monoisotopic (exact) mass is 296 g/mol. The molecule has 0 radical (unpaired) electrons. The maximum absolute atomic E-state index is 10.3. The summed E-state index contributed by atoms with van der Waals surface area (Å²) >= 11 is 0. The Hall–Kier alpha value is -2.46. The van der Waals surface area contributed by atoms with Crippen molar-refractivity contribution >= 4 is 5.70 Å². The van der Waals surface area contributed by atoms with Crippen LogP contribution in [-0.2, 0) is 0 Å². The highest BCUT2D eigenvalue weighted by Gasteiger charge is 2.20. The van der Waals surface area contributed by atoms with Crippen LogP contribution >= 0.6 is 0 Å². The van der Waals surface area contributed by atoms with Crippen LogP contribution in [0, 0.1) is 13.8 Å². The Morgan fingerprint density at radius 1 is 1.14 bits per heavy atom. The number of nitrogens with one attached hydrogen (secondary N) is 2. The highest BCUT2D eigenvalue weighted by molar-refractivity contribution is 5.72. The number of rotatable bonds is 3. The lowest BCUT2D eigenvalue weighted by Crippen LogP contribution is -2.26. The molecule has 22 heavy (non-hydrogen) atoms. The Morgan fingerprint density at radius 3 is 2.73 bits per heavy atom. The van der Waals surface area contributed by atoms with E-state index in [-0.39, 0.29) is 6.04 Å². The molecule has 0 saturated carbocycles. The molecule has 0 aromatic heterocycles. The van der Waals surface area contributed by atoms with Gasteiger partial charge in [0.25, 0.3) is 0 Å². The molecule has 4 nitrogen and oxygen atoms in total. The first kappa shape index (κ1) is 14.5. The van der Waals surface area contributed by atoms with Gasteiger partial charge >= 0.3 is 0 Å². The predicted molar refractivity (Wildman–Crippen MR) is 87.6 cm³/mol. The first-order valence-corrected chi connectivity index (χ1v) is 7.26. The van der Waals surface area contributed by atoms with Crippen LogP contribution in [0.4, 0.5) is 0 Å². The third-order valence-electron chi connectivity index (χ3n) is 3.88. The minimum Gasteiger partial charge on any atom is -0.507 e. The smallest absolute Gasteiger partial charge is 0.127 e. The average Bonchev–Trinajstić information content (AvgIpc) is 3.00.